The number of hydrogen-bond acceptors (Lipinski definition) is 4. The molecule has 32 heavy (non-hydrogen) atoms. The van der Waals surface area contributed by atoms with Gasteiger partial charge in [-0.2, -0.15) is 0 Å². The molecule has 1 aromatic heterocycles. The number of fused-ring (bicyclic) bond motifs is 2. The number of hydrogen-bond donors (Lipinski definition) is 2. The van der Waals surface area contributed by atoms with Crippen molar-refractivity contribution in [3.63, 3.8) is 0 Å². The quantitative estimate of drug-likeness (QED) is 0.616. The maximum Gasteiger partial charge on any atom is 0.249 e. The first-order chi connectivity index (χ1) is 15.5. The van der Waals surface area contributed by atoms with E-state index in [1.54, 1.807) is 25.1 Å². The largest absolute Gasteiger partial charge is 0.343 e. The summed E-state index contributed by atoms with van der Waals surface area (Å²) >= 11 is 0. The van der Waals surface area contributed by atoms with Crippen molar-refractivity contribution in [1.82, 2.24) is 15.6 Å². The molecule has 2 N–H and O–H groups in total. The average Bonchev–Trinajstić information content (AvgIpc) is 2.95. The van der Waals surface area contributed by atoms with Crippen molar-refractivity contribution >= 4 is 28.4 Å². The van der Waals surface area contributed by atoms with Crippen LogP contribution in [0.1, 0.15) is 30.0 Å². The molecule has 0 radical (unpaired) electrons. The molecule has 2 heterocycles. The number of anilines is 1. The van der Waals surface area contributed by atoms with E-state index in [2.05, 4.69) is 21.5 Å². The highest BCUT2D eigenvalue weighted by Gasteiger charge is 2.32. The first kappa shape index (κ1) is 21.5. The van der Waals surface area contributed by atoms with Crippen LogP contribution >= 0.6 is 0 Å². The van der Waals surface area contributed by atoms with Gasteiger partial charge in [-0.3, -0.25) is 14.6 Å². The molecule has 2 aromatic carbocycles. The smallest absolute Gasteiger partial charge is 0.249 e. The van der Waals surface area contributed by atoms with Crippen LogP contribution < -0.4 is 15.5 Å². The number of aromatic nitrogens is 1. The Morgan fingerprint density at radius 1 is 1.25 bits per heavy atom. The van der Waals surface area contributed by atoms with Crippen LogP contribution in [0.2, 0.25) is 0 Å². The first-order valence-corrected chi connectivity index (χ1v) is 10.7. The number of aryl methyl sites for hydroxylation is 1. The Morgan fingerprint density at radius 3 is 2.78 bits per heavy atom. The van der Waals surface area contributed by atoms with Crippen LogP contribution in [-0.2, 0) is 22.6 Å². The van der Waals surface area contributed by atoms with Gasteiger partial charge in [-0.25, -0.2) is 0 Å². The van der Waals surface area contributed by atoms with Gasteiger partial charge in [-0.15, -0.1) is 6.42 Å². The van der Waals surface area contributed by atoms with E-state index in [9.17, 15) is 9.59 Å². The number of nitrogens with zero attached hydrogens (tertiary/aromatic N) is 2. The lowest BCUT2D eigenvalue weighted by atomic mass is 10.0. The number of carbonyl (C=O) groups excluding carboxylic acids is 2. The van der Waals surface area contributed by atoms with Crippen molar-refractivity contribution in [3.8, 4) is 12.3 Å². The number of pyridine rings is 1. The van der Waals surface area contributed by atoms with E-state index >= 15 is 0 Å². The third-order valence-corrected chi connectivity index (χ3v) is 6.05. The van der Waals surface area contributed by atoms with E-state index in [4.69, 9.17) is 6.42 Å². The number of likely N-dealkylation sites (N-methyl/N-ethyl adjacent to an activating group) is 1. The first-order valence-electron chi connectivity index (χ1n) is 10.7. The van der Waals surface area contributed by atoms with E-state index in [-0.39, 0.29) is 17.9 Å². The predicted molar refractivity (Wildman–Crippen MR) is 126 cm³/mol. The van der Waals surface area contributed by atoms with Crippen molar-refractivity contribution in [2.75, 3.05) is 11.9 Å². The molecule has 2 atom stereocenters. The van der Waals surface area contributed by atoms with Gasteiger partial charge in [0.25, 0.3) is 0 Å². The predicted octanol–water partition coefficient (Wildman–Crippen LogP) is 2.79. The number of amides is 2. The summed E-state index contributed by atoms with van der Waals surface area (Å²) in [5.41, 5.74) is 4.27. The van der Waals surface area contributed by atoms with Gasteiger partial charge in [0.1, 0.15) is 6.04 Å². The van der Waals surface area contributed by atoms with Gasteiger partial charge in [0.15, 0.2) is 0 Å². The summed E-state index contributed by atoms with van der Waals surface area (Å²) in [5.74, 6) is 2.38. The Balaban J connectivity index is 1.77. The molecule has 0 bridgehead atoms. The van der Waals surface area contributed by atoms with Gasteiger partial charge >= 0.3 is 0 Å². The zero-order valence-corrected chi connectivity index (χ0v) is 18.3. The topological polar surface area (TPSA) is 74.3 Å². The van der Waals surface area contributed by atoms with Crippen LogP contribution in [0.25, 0.3) is 10.9 Å². The minimum absolute atomic E-state index is 0.143. The fraction of sp³-hybridized carbons (Fsp3) is 0.269. The van der Waals surface area contributed by atoms with Crippen molar-refractivity contribution in [3.05, 3.63) is 71.4 Å². The maximum absolute atomic E-state index is 13.7. The molecule has 0 spiro atoms. The minimum Gasteiger partial charge on any atom is -0.343 e. The maximum atomic E-state index is 13.7. The molecule has 6 nitrogen and oxygen atoms in total. The second kappa shape index (κ2) is 9.21. The molecule has 0 fully saturated rings. The zero-order chi connectivity index (χ0) is 22.7. The zero-order valence-electron chi connectivity index (χ0n) is 18.3. The van der Waals surface area contributed by atoms with Gasteiger partial charge in [-0.1, -0.05) is 42.3 Å². The number of terminal acetylenes is 1. The molecule has 2 amide bonds. The van der Waals surface area contributed by atoms with E-state index in [0.717, 1.165) is 27.7 Å². The lowest BCUT2D eigenvalue weighted by molar-refractivity contribution is -0.128. The normalized spacial score (nSPS) is 16.7. The standard InChI is InChI=1S/C26H26N4O2/c1-4-18-15-28-22-11-7-6-10-20(22)21(18)16-30-24-12-8-5-9-19(24)13-14-23(26(30)32)29-25(31)17(2)27-3/h1,5-12,15,17,23,27H,13-14,16H2,2-3H3,(H,29,31). The van der Waals surface area contributed by atoms with Crippen LogP contribution in [0.5, 0.6) is 0 Å². The van der Waals surface area contributed by atoms with Gasteiger partial charge in [0.05, 0.1) is 18.1 Å². The van der Waals surface area contributed by atoms with Crippen LogP contribution in [-0.4, -0.2) is 35.9 Å². The summed E-state index contributed by atoms with van der Waals surface area (Å²) in [6.45, 7) is 2.07. The van der Waals surface area contributed by atoms with E-state index in [1.807, 2.05) is 48.5 Å². The van der Waals surface area contributed by atoms with Crippen LogP contribution in [0.15, 0.2) is 54.7 Å². The van der Waals surface area contributed by atoms with Crippen LogP contribution in [0.3, 0.4) is 0 Å². The minimum atomic E-state index is -0.618. The summed E-state index contributed by atoms with van der Waals surface area (Å²) < 4.78 is 0. The molecule has 0 aliphatic carbocycles. The monoisotopic (exact) mass is 426 g/mol. The molecule has 3 aromatic rings. The molecular weight excluding hydrogens is 400 g/mol. The van der Waals surface area contributed by atoms with Gasteiger partial charge in [-0.05, 0) is 50.1 Å². The highest BCUT2D eigenvalue weighted by molar-refractivity contribution is 6.01. The Labute approximate surface area is 188 Å². The van der Waals surface area contributed by atoms with Crippen molar-refractivity contribution in [2.45, 2.75) is 38.4 Å². The van der Waals surface area contributed by atoms with E-state index in [0.29, 0.717) is 24.9 Å². The lowest BCUT2D eigenvalue weighted by Gasteiger charge is -2.28. The molecule has 6 heteroatoms. The van der Waals surface area contributed by atoms with Crippen LogP contribution in [0.4, 0.5) is 5.69 Å². The molecule has 1 aliphatic rings. The molecule has 0 saturated heterocycles. The third-order valence-electron chi connectivity index (χ3n) is 6.05. The van der Waals surface area contributed by atoms with Crippen molar-refractivity contribution < 1.29 is 9.59 Å². The fourth-order valence-electron chi connectivity index (χ4n) is 4.09. The van der Waals surface area contributed by atoms with Crippen LogP contribution in [0, 0.1) is 12.3 Å². The highest BCUT2D eigenvalue weighted by Crippen LogP contribution is 2.31. The second-order valence-electron chi connectivity index (χ2n) is 7.98. The second-order valence-corrected chi connectivity index (χ2v) is 7.98. The van der Waals surface area contributed by atoms with E-state index in [1.165, 1.54) is 0 Å². The fourth-order valence-corrected chi connectivity index (χ4v) is 4.09. The Bertz CT molecular complexity index is 1210. The third kappa shape index (κ3) is 4.08. The summed E-state index contributed by atoms with van der Waals surface area (Å²) in [6.07, 6.45) is 8.70. The number of nitrogens with one attached hydrogen (secondary N) is 2. The van der Waals surface area contributed by atoms with Gasteiger partial charge < -0.3 is 15.5 Å². The molecule has 2 unspecified atom stereocenters. The number of carbonyl (C=O) groups is 2. The van der Waals surface area contributed by atoms with Gasteiger partial charge in [0, 0.05) is 22.8 Å². The molecule has 1 aliphatic heterocycles. The van der Waals surface area contributed by atoms with Gasteiger partial charge in [0.2, 0.25) is 11.8 Å². The number of para-hydroxylation sites is 2. The lowest BCUT2D eigenvalue weighted by Crippen LogP contribution is -2.52. The summed E-state index contributed by atoms with van der Waals surface area (Å²) in [5, 5.41) is 6.77. The Morgan fingerprint density at radius 2 is 2.00 bits per heavy atom. The molecule has 4 rings (SSSR count). The SMILES string of the molecule is C#Cc1cnc2ccccc2c1CN1C(=O)C(NC(=O)C(C)NC)CCc2ccccc21. The summed E-state index contributed by atoms with van der Waals surface area (Å²) in [7, 11) is 1.72. The Kier molecular flexibility index (Phi) is 6.20. The highest BCUT2D eigenvalue weighted by atomic mass is 16.2. The van der Waals surface area contributed by atoms with Crippen molar-refractivity contribution in [1.29, 1.82) is 0 Å². The van der Waals surface area contributed by atoms with E-state index < -0.39 is 6.04 Å². The number of benzene rings is 2. The molecule has 0 saturated carbocycles. The summed E-state index contributed by atoms with van der Waals surface area (Å²) in [4.78, 5) is 32.5. The van der Waals surface area contributed by atoms with Crippen molar-refractivity contribution in [2.24, 2.45) is 0 Å². The molecular formula is C26H26N4O2. The summed E-state index contributed by atoms with van der Waals surface area (Å²) in [6, 6.07) is 14.6. The average molecular weight is 427 g/mol. The molecule has 162 valence electrons. The Hall–Kier alpha value is -3.69. The number of rotatable bonds is 5.